The van der Waals surface area contributed by atoms with Crippen LogP contribution in [-0.2, 0) is 14.3 Å². The number of hydrogen-bond acceptors (Lipinski definition) is 7. The molecule has 2 unspecified atom stereocenters. The first kappa shape index (κ1) is 20.3. The molecule has 1 aromatic heterocycles. The van der Waals surface area contributed by atoms with Crippen molar-refractivity contribution in [3.63, 3.8) is 0 Å². The van der Waals surface area contributed by atoms with E-state index in [1.54, 1.807) is 24.3 Å². The first-order chi connectivity index (χ1) is 12.4. The highest BCUT2D eigenvalue weighted by atomic mass is 35.5. The summed E-state index contributed by atoms with van der Waals surface area (Å²) in [6.07, 6.45) is 0.736. The number of rotatable bonds is 8. The summed E-state index contributed by atoms with van der Waals surface area (Å²) in [6.45, 7) is 3.82. The predicted molar refractivity (Wildman–Crippen MR) is 98.9 cm³/mol. The van der Waals surface area contributed by atoms with E-state index in [-0.39, 0.29) is 22.8 Å². The van der Waals surface area contributed by atoms with Gasteiger partial charge in [-0.25, -0.2) is 4.79 Å². The number of aromatic nitrogens is 2. The molecule has 26 heavy (non-hydrogen) atoms. The largest absolute Gasteiger partial charge is 0.467 e. The third-order valence-electron chi connectivity index (χ3n) is 3.79. The minimum Gasteiger partial charge on any atom is -0.467 e. The second-order valence-corrected chi connectivity index (χ2v) is 6.99. The number of benzene rings is 1. The van der Waals surface area contributed by atoms with E-state index in [1.165, 1.54) is 7.11 Å². The summed E-state index contributed by atoms with van der Waals surface area (Å²) in [5.74, 6) is -0.440. The topological polar surface area (TPSA) is 94.3 Å². The highest BCUT2D eigenvalue weighted by Crippen LogP contribution is 2.25. The fourth-order valence-electron chi connectivity index (χ4n) is 2.14. The number of ether oxygens (including phenoxy) is 1. The molecule has 2 rings (SSSR count). The molecule has 2 aromatic rings. The van der Waals surface area contributed by atoms with Crippen LogP contribution in [0.3, 0.4) is 0 Å². The number of carbonyl (C=O) groups is 2. The van der Waals surface area contributed by atoms with Crippen molar-refractivity contribution in [3.05, 3.63) is 29.3 Å². The Morgan fingerprint density at radius 3 is 2.81 bits per heavy atom. The van der Waals surface area contributed by atoms with Gasteiger partial charge in [0.25, 0.3) is 5.22 Å². The quantitative estimate of drug-likeness (QED) is 0.539. The molecule has 1 aromatic carbocycles. The van der Waals surface area contributed by atoms with Crippen molar-refractivity contribution < 1.29 is 18.7 Å². The van der Waals surface area contributed by atoms with Crippen molar-refractivity contribution in [2.45, 2.75) is 31.5 Å². The lowest BCUT2D eigenvalue weighted by molar-refractivity contribution is -0.146. The number of nitrogens with zero attached hydrogens (tertiary/aromatic N) is 2. The number of nitrogens with one attached hydrogen (secondary N) is 1. The Bertz CT molecular complexity index is 768. The second-order valence-electron chi connectivity index (χ2n) is 5.63. The SMILES string of the molecule is CCC(C)C(NC(=O)CSc1nnc(-c2cccc(Cl)c2)o1)C(=O)OC. The molecule has 0 aliphatic carbocycles. The fraction of sp³-hybridized carbons (Fsp3) is 0.412. The normalized spacial score (nSPS) is 13.1. The summed E-state index contributed by atoms with van der Waals surface area (Å²) in [7, 11) is 1.30. The van der Waals surface area contributed by atoms with Crippen LogP contribution in [0.15, 0.2) is 33.9 Å². The summed E-state index contributed by atoms with van der Waals surface area (Å²) < 4.78 is 10.3. The summed E-state index contributed by atoms with van der Waals surface area (Å²) in [4.78, 5) is 24.0. The van der Waals surface area contributed by atoms with Crippen molar-refractivity contribution >= 4 is 35.2 Å². The van der Waals surface area contributed by atoms with Crippen LogP contribution in [0.25, 0.3) is 11.5 Å². The molecule has 0 bridgehead atoms. The van der Waals surface area contributed by atoms with Gasteiger partial charge in [0, 0.05) is 10.6 Å². The Hall–Kier alpha value is -2.06. The van der Waals surface area contributed by atoms with Gasteiger partial charge in [-0.1, -0.05) is 49.7 Å². The van der Waals surface area contributed by atoms with Gasteiger partial charge in [0.05, 0.1) is 12.9 Å². The summed E-state index contributed by atoms with van der Waals surface area (Å²) in [6, 6.07) is 6.36. The number of carbonyl (C=O) groups excluding carboxylic acids is 2. The minimum atomic E-state index is -0.678. The third-order valence-corrected chi connectivity index (χ3v) is 4.84. The van der Waals surface area contributed by atoms with E-state index in [2.05, 4.69) is 15.5 Å². The number of methoxy groups -OCH3 is 1. The van der Waals surface area contributed by atoms with Crippen molar-refractivity contribution in [2.24, 2.45) is 5.92 Å². The van der Waals surface area contributed by atoms with E-state index in [9.17, 15) is 9.59 Å². The van der Waals surface area contributed by atoms with Gasteiger partial charge in [-0.2, -0.15) is 0 Å². The second kappa shape index (κ2) is 9.59. The number of halogens is 1. The molecule has 0 saturated heterocycles. The van der Waals surface area contributed by atoms with Gasteiger partial charge in [-0.05, 0) is 24.1 Å². The lowest BCUT2D eigenvalue weighted by atomic mass is 9.99. The Balaban J connectivity index is 1.94. The lowest BCUT2D eigenvalue weighted by Gasteiger charge is -2.21. The maximum atomic E-state index is 12.1. The standard InChI is InChI=1S/C17H20ClN3O4S/c1-4-10(2)14(16(23)24-3)19-13(22)9-26-17-21-20-15(25-17)11-6-5-7-12(18)8-11/h5-8,10,14H,4,9H2,1-3H3,(H,19,22). The Morgan fingerprint density at radius 2 is 2.15 bits per heavy atom. The van der Waals surface area contributed by atoms with Gasteiger partial charge in [-0.3, -0.25) is 4.79 Å². The number of thioether (sulfide) groups is 1. The van der Waals surface area contributed by atoms with E-state index in [1.807, 2.05) is 13.8 Å². The zero-order valence-corrected chi connectivity index (χ0v) is 16.3. The molecule has 7 nitrogen and oxygen atoms in total. The molecule has 0 aliphatic rings. The first-order valence-corrected chi connectivity index (χ1v) is 9.40. The van der Waals surface area contributed by atoms with Crippen LogP contribution >= 0.6 is 23.4 Å². The summed E-state index contributed by atoms with van der Waals surface area (Å²) >= 11 is 7.03. The monoisotopic (exact) mass is 397 g/mol. The van der Waals surface area contributed by atoms with Gasteiger partial charge < -0.3 is 14.5 Å². The smallest absolute Gasteiger partial charge is 0.328 e. The number of amides is 1. The number of esters is 1. The lowest BCUT2D eigenvalue weighted by Crippen LogP contribution is -2.46. The molecular weight excluding hydrogens is 378 g/mol. The molecule has 1 heterocycles. The van der Waals surface area contributed by atoms with Crippen LogP contribution in [0.5, 0.6) is 0 Å². The molecule has 9 heteroatoms. The first-order valence-electron chi connectivity index (χ1n) is 8.04. The van der Waals surface area contributed by atoms with Crippen LogP contribution < -0.4 is 5.32 Å². The average Bonchev–Trinajstić information content (AvgIpc) is 3.12. The molecule has 0 radical (unpaired) electrons. The molecule has 140 valence electrons. The molecule has 2 atom stereocenters. The Labute approximate surface area is 160 Å². The van der Waals surface area contributed by atoms with E-state index in [4.69, 9.17) is 20.8 Å². The van der Waals surface area contributed by atoms with E-state index in [0.717, 1.165) is 18.2 Å². The molecule has 0 aliphatic heterocycles. The van der Waals surface area contributed by atoms with E-state index >= 15 is 0 Å². The van der Waals surface area contributed by atoms with E-state index < -0.39 is 12.0 Å². The van der Waals surface area contributed by atoms with Gasteiger partial charge in [0.1, 0.15) is 6.04 Å². The molecule has 1 N–H and O–H groups in total. The summed E-state index contributed by atoms with van der Waals surface area (Å²) in [5.41, 5.74) is 0.698. The number of hydrogen-bond donors (Lipinski definition) is 1. The van der Waals surface area contributed by atoms with Crippen LogP contribution in [0, 0.1) is 5.92 Å². The molecule has 0 saturated carbocycles. The van der Waals surface area contributed by atoms with Gasteiger partial charge in [-0.15, -0.1) is 10.2 Å². The molecule has 1 amide bonds. The van der Waals surface area contributed by atoms with Crippen LogP contribution in [0.2, 0.25) is 5.02 Å². The van der Waals surface area contributed by atoms with Crippen molar-refractivity contribution in [1.29, 1.82) is 0 Å². The summed E-state index contributed by atoms with van der Waals surface area (Å²) in [5, 5.41) is 11.4. The van der Waals surface area contributed by atoms with Crippen LogP contribution in [0.4, 0.5) is 0 Å². The van der Waals surface area contributed by atoms with Crippen molar-refractivity contribution in [3.8, 4) is 11.5 Å². The van der Waals surface area contributed by atoms with Gasteiger partial charge in [0.15, 0.2) is 0 Å². The maximum Gasteiger partial charge on any atom is 0.328 e. The van der Waals surface area contributed by atoms with Crippen molar-refractivity contribution in [2.75, 3.05) is 12.9 Å². The predicted octanol–water partition coefficient (Wildman–Crippen LogP) is 3.19. The molecule has 0 spiro atoms. The molecular formula is C17H20ClN3O4S. The maximum absolute atomic E-state index is 12.1. The fourth-order valence-corrected chi connectivity index (χ4v) is 2.91. The highest BCUT2D eigenvalue weighted by Gasteiger charge is 2.26. The van der Waals surface area contributed by atoms with Gasteiger partial charge in [0.2, 0.25) is 11.8 Å². The average molecular weight is 398 g/mol. The zero-order valence-electron chi connectivity index (χ0n) is 14.7. The van der Waals surface area contributed by atoms with Gasteiger partial charge >= 0.3 is 5.97 Å². The minimum absolute atomic E-state index is 0.0331. The third kappa shape index (κ3) is 5.47. The van der Waals surface area contributed by atoms with E-state index in [0.29, 0.717) is 16.5 Å². The van der Waals surface area contributed by atoms with Crippen LogP contribution in [-0.4, -0.2) is 41.0 Å². The zero-order chi connectivity index (χ0) is 19.1. The highest BCUT2D eigenvalue weighted by molar-refractivity contribution is 7.99. The Kier molecular flexibility index (Phi) is 7.47. The Morgan fingerprint density at radius 1 is 1.38 bits per heavy atom. The van der Waals surface area contributed by atoms with Crippen molar-refractivity contribution in [1.82, 2.24) is 15.5 Å². The van der Waals surface area contributed by atoms with Crippen LogP contribution in [0.1, 0.15) is 20.3 Å². The molecule has 0 fully saturated rings.